The number of methoxy groups -OCH3 is 1. The molecule has 0 bridgehead atoms. The minimum Gasteiger partial charge on any atom is -0.381 e. The van der Waals surface area contributed by atoms with Crippen LogP contribution in [0.3, 0.4) is 0 Å². The Morgan fingerprint density at radius 3 is 2.33 bits per heavy atom. The molecule has 0 amide bonds. The fourth-order valence-corrected chi connectivity index (χ4v) is 2.31. The molecule has 0 N–H and O–H groups in total. The van der Waals surface area contributed by atoms with Gasteiger partial charge in [0.25, 0.3) is 0 Å². The van der Waals surface area contributed by atoms with Crippen molar-refractivity contribution in [2.45, 2.75) is 44.2 Å². The Morgan fingerprint density at radius 2 is 1.75 bits per heavy atom. The summed E-state index contributed by atoms with van der Waals surface area (Å²) in [5.74, 6) is 0. The molecule has 70 valence electrons. The van der Waals surface area contributed by atoms with Crippen LogP contribution < -0.4 is 0 Å². The molecule has 0 unspecified atom stereocenters. The highest BCUT2D eigenvalue weighted by Crippen LogP contribution is 2.29. The Bertz CT molecular complexity index is 137. The fraction of sp³-hybridized carbons (Fsp3) is 1.00. The lowest BCUT2D eigenvalue weighted by molar-refractivity contribution is -0.0321. The van der Waals surface area contributed by atoms with E-state index in [-0.39, 0.29) is 0 Å². The molecule has 1 aliphatic heterocycles. The standard InChI is InChI=1S/C10H19NO/c1-12-10-7-9(8-10)11-5-3-2-4-6-11/h9-10H,2-8H2,1H3/t9-,10-. The van der Waals surface area contributed by atoms with E-state index in [1.54, 1.807) is 0 Å². The number of hydrogen-bond acceptors (Lipinski definition) is 2. The van der Waals surface area contributed by atoms with Crippen LogP contribution in [0.15, 0.2) is 0 Å². The zero-order valence-electron chi connectivity index (χ0n) is 7.96. The van der Waals surface area contributed by atoms with Crippen molar-refractivity contribution in [3.63, 3.8) is 0 Å². The van der Waals surface area contributed by atoms with Crippen LogP contribution in [0.1, 0.15) is 32.1 Å². The minimum absolute atomic E-state index is 0.567. The number of ether oxygens (including phenoxy) is 1. The molecule has 2 aliphatic rings. The first kappa shape index (κ1) is 8.52. The molecule has 0 atom stereocenters. The highest BCUT2D eigenvalue weighted by molar-refractivity contribution is 4.88. The predicted molar refractivity (Wildman–Crippen MR) is 49.2 cm³/mol. The summed E-state index contributed by atoms with van der Waals surface area (Å²) < 4.78 is 5.28. The number of rotatable bonds is 2. The molecule has 12 heavy (non-hydrogen) atoms. The maximum atomic E-state index is 5.28. The Kier molecular flexibility index (Phi) is 2.66. The smallest absolute Gasteiger partial charge is 0.0601 e. The van der Waals surface area contributed by atoms with Crippen molar-refractivity contribution in [3.8, 4) is 0 Å². The zero-order valence-corrected chi connectivity index (χ0v) is 7.96. The van der Waals surface area contributed by atoms with E-state index in [1.165, 1.54) is 45.2 Å². The topological polar surface area (TPSA) is 12.5 Å². The van der Waals surface area contributed by atoms with Gasteiger partial charge in [-0.25, -0.2) is 0 Å². The third kappa shape index (κ3) is 1.64. The first-order chi connectivity index (χ1) is 5.90. The minimum atomic E-state index is 0.567. The second kappa shape index (κ2) is 3.75. The van der Waals surface area contributed by atoms with Gasteiger partial charge in [-0.3, -0.25) is 0 Å². The largest absolute Gasteiger partial charge is 0.381 e. The van der Waals surface area contributed by atoms with Crippen LogP contribution in [0.5, 0.6) is 0 Å². The van der Waals surface area contributed by atoms with E-state index in [0.29, 0.717) is 6.10 Å². The quantitative estimate of drug-likeness (QED) is 0.623. The van der Waals surface area contributed by atoms with Crippen molar-refractivity contribution >= 4 is 0 Å². The molecule has 1 saturated heterocycles. The van der Waals surface area contributed by atoms with Gasteiger partial charge in [-0.2, -0.15) is 0 Å². The van der Waals surface area contributed by atoms with E-state index >= 15 is 0 Å². The molecule has 2 heteroatoms. The summed E-state index contributed by atoms with van der Waals surface area (Å²) in [5, 5.41) is 0. The van der Waals surface area contributed by atoms with Gasteiger partial charge in [0.1, 0.15) is 0 Å². The highest BCUT2D eigenvalue weighted by Gasteiger charge is 2.33. The molecule has 2 fully saturated rings. The number of piperidine rings is 1. The first-order valence-electron chi connectivity index (χ1n) is 5.17. The maximum Gasteiger partial charge on any atom is 0.0601 e. The van der Waals surface area contributed by atoms with Gasteiger partial charge in [-0.15, -0.1) is 0 Å². The van der Waals surface area contributed by atoms with Gasteiger partial charge in [-0.1, -0.05) is 6.42 Å². The molecule has 0 aromatic carbocycles. The second-order valence-corrected chi connectivity index (χ2v) is 4.08. The van der Waals surface area contributed by atoms with Crippen molar-refractivity contribution in [2.75, 3.05) is 20.2 Å². The van der Waals surface area contributed by atoms with Crippen LogP contribution in [0, 0.1) is 0 Å². The molecule has 1 aliphatic carbocycles. The summed E-state index contributed by atoms with van der Waals surface area (Å²) in [6, 6.07) is 0.857. The Labute approximate surface area is 74.9 Å². The maximum absolute atomic E-state index is 5.28. The van der Waals surface area contributed by atoms with Gasteiger partial charge < -0.3 is 9.64 Å². The van der Waals surface area contributed by atoms with Gasteiger partial charge in [0.2, 0.25) is 0 Å². The highest BCUT2D eigenvalue weighted by atomic mass is 16.5. The summed E-state index contributed by atoms with van der Waals surface area (Å²) in [7, 11) is 1.83. The van der Waals surface area contributed by atoms with Crippen molar-refractivity contribution in [2.24, 2.45) is 0 Å². The van der Waals surface area contributed by atoms with E-state index < -0.39 is 0 Å². The molecule has 0 aromatic rings. The summed E-state index contributed by atoms with van der Waals surface area (Å²) in [4.78, 5) is 2.65. The van der Waals surface area contributed by atoms with E-state index in [9.17, 15) is 0 Å². The Hall–Kier alpha value is -0.0800. The van der Waals surface area contributed by atoms with Gasteiger partial charge >= 0.3 is 0 Å². The van der Waals surface area contributed by atoms with Crippen LogP contribution in [-0.2, 0) is 4.74 Å². The predicted octanol–water partition coefficient (Wildman–Crippen LogP) is 1.65. The molecule has 0 aromatic heterocycles. The van der Waals surface area contributed by atoms with Crippen molar-refractivity contribution in [3.05, 3.63) is 0 Å². The third-order valence-electron chi connectivity index (χ3n) is 3.31. The molecule has 1 heterocycles. The summed E-state index contributed by atoms with van der Waals surface area (Å²) in [5.41, 5.74) is 0. The molecule has 0 radical (unpaired) electrons. The molecular formula is C10H19NO. The molecule has 2 nitrogen and oxygen atoms in total. The summed E-state index contributed by atoms with van der Waals surface area (Å²) in [6.45, 7) is 2.67. The summed E-state index contributed by atoms with van der Waals surface area (Å²) in [6.07, 6.45) is 7.38. The zero-order chi connectivity index (χ0) is 8.39. The Balaban J connectivity index is 1.72. The van der Waals surface area contributed by atoms with E-state index in [2.05, 4.69) is 4.90 Å². The number of hydrogen-bond donors (Lipinski definition) is 0. The normalized spacial score (nSPS) is 37.8. The van der Waals surface area contributed by atoms with Gasteiger partial charge in [0, 0.05) is 13.2 Å². The van der Waals surface area contributed by atoms with Crippen molar-refractivity contribution in [1.29, 1.82) is 0 Å². The SMILES string of the molecule is CO[C@H]1C[C@H](N2CCCCC2)C1. The Morgan fingerprint density at radius 1 is 1.08 bits per heavy atom. The number of nitrogens with zero attached hydrogens (tertiary/aromatic N) is 1. The fourth-order valence-electron chi connectivity index (χ4n) is 2.31. The molecule has 1 saturated carbocycles. The lowest BCUT2D eigenvalue weighted by Gasteiger charge is -2.43. The van der Waals surface area contributed by atoms with Gasteiger partial charge in [0.15, 0.2) is 0 Å². The van der Waals surface area contributed by atoms with Crippen molar-refractivity contribution in [1.82, 2.24) is 4.90 Å². The lowest BCUT2D eigenvalue weighted by Crippen LogP contribution is -2.49. The van der Waals surface area contributed by atoms with Crippen LogP contribution in [0.25, 0.3) is 0 Å². The first-order valence-corrected chi connectivity index (χ1v) is 5.17. The lowest BCUT2D eigenvalue weighted by atomic mass is 9.87. The van der Waals surface area contributed by atoms with Crippen LogP contribution >= 0.6 is 0 Å². The molecular weight excluding hydrogens is 150 g/mol. The monoisotopic (exact) mass is 169 g/mol. The van der Waals surface area contributed by atoms with Gasteiger partial charge in [-0.05, 0) is 38.8 Å². The van der Waals surface area contributed by atoms with E-state index in [4.69, 9.17) is 4.74 Å². The van der Waals surface area contributed by atoms with Crippen LogP contribution in [0.2, 0.25) is 0 Å². The third-order valence-corrected chi connectivity index (χ3v) is 3.31. The molecule has 0 spiro atoms. The average molecular weight is 169 g/mol. The van der Waals surface area contributed by atoms with Crippen LogP contribution in [-0.4, -0.2) is 37.2 Å². The number of likely N-dealkylation sites (tertiary alicyclic amines) is 1. The van der Waals surface area contributed by atoms with Gasteiger partial charge in [0.05, 0.1) is 6.10 Å². The second-order valence-electron chi connectivity index (χ2n) is 4.08. The van der Waals surface area contributed by atoms with Crippen LogP contribution in [0.4, 0.5) is 0 Å². The van der Waals surface area contributed by atoms with E-state index in [0.717, 1.165) is 6.04 Å². The average Bonchev–Trinajstić information content (AvgIpc) is 2.04. The summed E-state index contributed by atoms with van der Waals surface area (Å²) >= 11 is 0. The molecule has 2 rings (SSSR count). The van der Waals surface area contributed by atoms with Crippen molar-refractivity contribution < 1.29 is 4.74 Å². The van der Waals surface area contributed by atoms with E-state index in [1.807, 2.05) is 7.11 Å².